The van der Waals surface area contributed by atoms with Crippen LogP contribution in [0.5, 0.6) is 0 Å². The van der Waals surface area contributed by atoms with Gasteiger partial charge < -0.3 is 24.0 Å². The van der Waals surface area contributed by atoms with Gasteiger partial charge in [0.2, 0.25) is 0 Å². The third-order valence-electron chi connectivity index (χ3n) is 6.29. The van der Waals surface area contributed by atoms with Crippen LogP contribution in [0.2, 0.25) is 0 Å². The number of carbonyl (C=O) groups excluding carboxylic acids is 1. The highest BCUT2D eigenvalue weighted by molar-refractivity contribution is 5.96. The number of hydrogen-bond acceptors (Lipinski definition) is 6. The predicted molar refractivity (Wildman–Crippen MR) is 128 cm³/mol. The van der Waals surface area contributed by atoms with Gasteiger partial charge in [-0.2, -0.15) is 5.26 Å². The van der Waals surface area contributed by atoms with E-state index in [9.17, 15) is 14.9 Å². The smallest absolute Gasteiger partial charge is 0.288 e. The third-order valence-corrected chi connectivity index (χ3v) is 6.29. The first-order valence-corrected chi connectivity index (χ1v) is 11.5. The lowest BCUT2D eigenvalue weighted by atomic mass is 10.0. The number of nitriles is 1. The number of carbonyl (C=O) groups is 1. The Kier molecular flexibility index (Phi) is 6.70. The Hall–Kier alpha value is -3.31. The summed E-state index contributed by atoms with van der Waals surface area (Å²) >= 11 is 0. The number of anilines is 1. The van der Waals surface area contributed by atoms with Gasteiger partial charge in [-0.1, -0.05) is 11.6 Å². The maximum Gasteiger partial charge on any atom is 0.288 e. The zero-order chi connectivity index (χ0) is 23.5. The SMILES string of the molecule is Cc1ccc2c(c1)c(N1CCN(C(=O)C3=CCCO3)CC1)c(C#N)c(=O)n2CCCN(C)C. The molecule has 8 heteroatoms. The predicted octanol–water partition coefficient (Wildman–Crippen LogP) is 2.09. The minimum absolute atomic E-state index is 0.0790. The quantitative estimate of drug-likeness (QED) is 0.672. The molecule has 0 bridgehead atoms. The summed E-state index contributed by atoms with van der Waals surface area (Å²) in [6, 6.07) is 8.24. The Bertz CT molecular complexity index is 1180. The fourth-order valence-electron chi connectivity index (χ4n) is 4.61. The molecule has 1 aromatic carbocycles. The van der Waals surface area contributed by atoms with Gasteiger partial charge in [0, 0.05) is 44.5 Å². The molecule has 0 saturated carbocycles. The molecule has 2 aromatic rings. The van der Waals surface area contributed by atoms with Crippen LogP contribution in [0.4, 0.5) is 5.69 Å². The molecular weight excluding hydrogens is 418 g/mol. The number of ether oxygens (including phenoxy) is 1. The summed E-state index contributed by atoms with van der Waals surface area (Å²) in [4.78, 5) is 32.0. The second-order valence-corrected chi connectivity index (χ2v) is 8.95. The van der Waals surface area contributed by atoms with Gasteiger partial charge >= 0.3 is 0 Å². The molecule has 1 saturated heterocycles. The van der Waals surface area contributed by atoms with Crippen LogP contribution in [0.3, 0.4) is 0 Å². The largest absolute Gasteiger partial charge is 0.488 e. The molecule has 0 radical (unpaired) electrons. The molecule has 0 aliphatic carbocycles. The number of piperazine rings is 1. The number of pyridine rings is 1. The molecule has 0 spiro atoms. The van der Waals surface area contributed by atoms with Crippen LogP contribution in [0.15, 0.2) is 34.8 Å². The number of benzene rings is 1. The minimum atomic E-state index is -0.245. The highest BCUT2D eigenvalue weighted by atomic mass is 16.5. The first kappa shape index (κ1) is 22.9. The molecule has 0 unspecified atom stereocenters. The molecule has 1 amide bonds. The van der Waals surface area contributed by atoms with E-state index in [4.69, 9.17) is 4.74 Å². The fourth-order valence-corrected chi connectivity index (χ4v) is 4.61. The molecule has 33 heavy (non-hydrogen) atoms. The summed E-state index contributed by atoms with van der Waals surface area (Å²) in [5, 5.41) is 10.9. The van der Waals surface area contributed by atoms with Crippen molar-refractivity contribution in [2.75, 3.05) is 58.3 Å². The van der Waals surface area contributed by atoms with Crippen molar-refractivity contribution >= 4 is 22.5 Å². The van der Waals surface area contributed by atoms with Crippen molar-refractivity contribution in [2.45, 2.75) is 26.3 Å². The van der Waals surface area contributed by atoms with E-state index in [0.29, 0.717) is 50.8 Å². The van der Waals surface area contributed by atoms with Crippen molar-refractivity contribution in [1.29, 1.82) is 5.26 Å². The molecule has 174 valence electrons. The average molecular weight is 450 g/mol. The summed E-state index contributed by atoms with van der Waals surface area (Å²) in [6.07, 6.45) is 3.43. The van der Waals surface area contributed by atoms with Gasteiger partial charge in [0.1, 0.15) is 11.6 Å². The van der Waals surface area contributed by atoms with Crippen LogP contribution >= 0.6 is 0 Å². The number of hydrogen-bond donors (Lipinski definition) is 0. The van der Waals surface area contributed by atoms with Crippen molar-refractivity contribution < 1.29 is 9.53 Å². The Labute approximate surface area is 194 Å². The van der Waals surface area contributed by atoms with Crippen LogP contribution in [0, 0.1) is 18.3 Å². The molecule has 0 atom stereocenters. The lowest BCUT2D eigenvalue weighted by molar-refractivity contribution is -0.130. The maximum atomic E-state index is 13.4. The second-order valence-electron chi connectivity index (χ2n) is 8.95. The lowest BCUT2D eigenvalue weighted by Crippen LogP contribution is -2.50. The molecule has 1 aromatic heterocycles. The zero-order valence-corrected chi connectivity index (χ0v) is 19.6. The third kappa shape index (κ3) is 4.60. The maximum absolute atomic E-state index is 13.4. The topological polar surface area (TPSA) is 81.8 Å². The van der Waals surface area contributed by atoms with E-state index >= 15 is 0 Å². The number of aryl methyl sites for hydroxylation is 2. The van der Waals surface area contributed by atoms with Crippen molar-refractivity contribution in [3.05, 3.63) is 51.5 Å². The van der Waals surface area contributed by atoms with E-state index < -0.39 is 0 Å². The Morgan fingerprint density at radius 1 is 1.21 bits per heavy atom. The molecule has 4 rings (SSSR count). The lowest BCUT2D eigenvalue weighted by Gasteiger charge is -2.37. The van der Waals surface area contributed by atoms with E-state index in [1.165, 1.54) is 0 Å². The number of amides is 1. The Morgan fingerprint density at radius 2 is 1.97 bits per heavy atom. The van der Waals surface area contributed by atoms with Gasteiger partial charge in [0.15, 0.2) is 5.76 Å². The Morgan fingerprint density at radius 3 is 2.61 bits per heavy atom. The van der Waals surface area contributed by atoms with E-state index in [2.05, 4.69) is 21.9 Å². The van der Waals surface area contributed by atoms with Gasteiger partial charge in [-0.25, -0.2) is 0 Å². The van der Waals surface area contributed by atoms with Crippen molar-refractivity contribution in [3.8, 4) is 6.07 Å². The van der Waals surface area contributed by atoms with Crippen molar-refractivity contribution in [2.24, 2.45) is 0 Å². The molecule has 8 nitrogen and oxygen atoms in total. The van der Waals surface area contributed by atoms with E-state index in [1.807, 2.05) is 39.2 Å². The van der Waals surface area contributed by atoms with Crippen LogP contribution in [0.25, 0.3) is 10.9 Å². The highest BCUT2D eigenvalue weighted by Gasteiger charge is 2.29. The van der Waals surface area contributed by atoms with Crippen LogP contribution in [-0.4, -0.2) is 73.7 Å². The number of fused-ring (bicyclic) bond motifs is 1. The van der Waals surface area contributed by atoms with E-state index in [1.54, 1.807) is 9.47 Å². The molecule has 3 heterocycles. The van der Waals surface area contributed by atoms with E-state index in [-0.39, 0.29) is 17.0 Å². The molecule has 0 N–H and O–H groups in total. The van der Waals surface area contributed by atoms with Gasteiger partial charge in [-0.05, 0) is 52.2 Å². The summed E-state index contributed by atoms with van der Waals surface area (Å²) in [5.74, 6) is 0.354. The van der Waals surface area contributed by atoms with Gasteiger partial charge in [-0.15, -0.1) is 0 Å². The summed E-state index contributed by atoms with van der Waals surface area (Å²) in [5.41, 5.74) is 2.55. The highest BCUT2D eigenvalue weighted by Crippen LogP contribution is 2.31. The van der Waals surface area contributed by atoms with Gasteiger partial charge in [-0.3, -0.25) is 9.59 Å². The van der Waals surface area contributed by atoms with Crippen molar-refractivity contribution in [1.82, 2.24) is 14.4 Å². The standard InChI is InChI=1S/C25H31N5O3/c1-18-7-8-21-19(16-18)23(20(17-26)24(31)30(21)10-5-9-27(2)3)28-11-13-29(14-12-28)25(32)22-6-4-15-33-22/h6-8,16H,4-5,9-15H2,1-3H3. The van der Waals surface area contributed by atoms with Gasteiger partial charge in [0.25, 0.3) is 11.5 Å². The molecule has 2 aliphatic rings. The fraction of sp³-hybridized carbons (Fsp3) is 0.480. The van der Waals surface area contributed by atoms with Crippen molar-refractivity contribution in [3.63, 3.8) is 0 Å². The zero-order valence-electron chi connectivity index (χ0n) is 19.6. The molecule has 1 fully saturated rings. The normalized spacial score (nSPS) is 16.2. The van der Waals surface area contributed by atoms with Gasteiger partial charge in [0.05, 0.1) is 17.8 Å². The van der Waals surface area contributed by atoms with Crippen LogP contribution in [-0.2, 0) is 16.1 Å². The second kappa shape index (κ2) is 9.67. The average Bonchev–Trinajstić information content (AvgIpc) is 3.34. The first-order chi connectivity index (χ1) is 15.9. The Balaban J connectivity index is 1.68. The number of nitrogens with zero attached hydrogens (tertiary/aromatic N) is 5. The monoisotopic (exact) mass is 449 g/mol. The summed E-state index contributed by atoms with van der Waals surface area (Å²) in [6.45, 7) is 6.14. The molecule has 2 aliphatic heterocycles. The summed E-state index contributed by atoms with van der Waals surface area (Å²) < 4.78 is 7.17. The number of aromatic nitrogens is 1. The van der Waals surface area contributed by atoms with Crippen LogP contribution < -0.4 is 10.5 Å². The van der Waals surface area contributed by atoms with Crippen LogP contribution in [0.1, 0.15) is 24.0 Å². The molecular formula is C25H31N5O3. The first-order valence-electron chi connectivity index (χ1n) is 11.5. The summed E-state index contributed by atoms with van der Waals surface area (Å²) in [7, 11) is 4.02. The van der Waals surface area contributed by atoms with E-state index in [0.717, 1.165) is 35.9 Å². The minimum Gasteiger partial charge on any atom is -0.488 e. The number of rotatable bonds is 6.